The van der Waals surface area contributed by atoms with E-state index in [9.17, 15) is 9.18 Å². The Labute approximate surface area is 195 Å². The number of tetrazole rings is 1. The molecule has 0 spiro atoms. The van der Waals surface area contributed by atoms with Gasteiger partial charge in [0.25, 0.3) is 5.95 Å². The Balaban J connectivity index is 1.48. The first kappa shape index (κ1) is 21.5. The zero-order valence-electron chi connectivity index (χ0n) is 17.7. The van der Waals surface area contributed by atoms with Crippen molar-refractivity contribution in [2.45, 2.75) is 25.0 Å². The van der Waals surface area contributed by atoms with E-state index in [-0.39, 0.29) is 30.4 Å². The van der Waals surface area contributed by atoms with Crippen LogP contribution in [0, 0.1) is 5.82 Å². The van der Waals surface area contributed by atoms with Crippen molar-refractivity contribution in [2.75, 3.05) is 24.6 Å². The normalized spacial score (nSPS) is 19.8. The van der Waals surface area contributed by atoms with Gasteiger partial charge in [0.1, 0.15) is 18.4 Å². The van der Waals surface area contributed by atoms with Gasteiger partial charge in [0.15, 0.2) is 0 Å². The highest BCUT2D eigenvalue weighted by Gasteiger charge is 2.32. The smallest absolute Gasteiger partial charge is 0.251 e. The minimum Gasteiger partial charge on any atom is -0.376 e. The summed E-state index contributed by atoms with van der Waals surface area (Å²) in [6.45, 7) is 1.23. The average Bonchev–Trinajstić information content (AvgIpc) is 3.52. The second kappa shape index (κ2) is 9.29. The number of anilines is 1. The minimum absolute atomic E-state index is 0.0255. The van der Waals surface area contributed by atoms with Crippen LogP contribution in [-0.2, 0) is 9.53 Å². The topological polar surface area (TPSA) is 85.2 Å². The third kappa shape index (κ3) is 4.60. The van der Waals surface area contributed by atoms with Gasteiger partial charge in [-0.3, -0.25) is 9.69 Å². The summed E-state index contributed by atoms with van der Waals surface area (Å²) < 4.78 is 20.7. The lowest BCUT2D eigenvalue weighted by Crippen LogP contribution is -2.42. The van der Waals surface area contributed by atoms with Crippen molar-refractivity contribution in [3.63, 3.8) is 0 Å². The van der Waals surface area contributed by atoms with E-state index in [2.05, 4.69) is 20.8 Å². The number of nitrogens with zero attached hydrogens (tertiary/aromatic N) is 5. The van der Waals surface area contributed by atoms with Crippen LogP contribution < -0.4 is 10.2 Å². The maximum Gasteiger partial charge on any atom is 0.251 e. The highest BCUT2D eigenvalue weighted by Crippen LogP contribution is 2.36. The first-order valence-electron chi connectivity index (χ1n) is 10.8. The molecule has 1 N–H and O–H groups in total. The largest absolute Gasteiger partial charge is 0.376 e. The lowest BCUT2D eigenvalue weighted by atomic mass is 10.0. The molecule has 1 aromatic heterocycles. The fourth-order valence-electron chi connectivity index (χ4n) is 4.12. The number of nitrogens with one attached hydrogen (secondary N) is 1. The minimum atomic E-state index is -0.368. The Bertz CT molecular complexity index is 1160. The molecular formula is C23H22ClFN6O2. The lowest BCUT2D eigenvalue weighted by molar-refractivity contribution is -0.120. The maximum atomic E-state index is 13.5. The van der Waals surface area contributed by atoms with Gasteiger partial charge in [0.05, 0.1) is 11.8 Å². The summed E-state index contributed by atoms with van der Waals surface area (Å²) in [6, 6.07) is 13.2. The van der Waals surface area contributed by atoms with Crippen LogP contribution in [0.1, 0.15) is 30.0 Å². The number of allylic oxidation sites excluding steroid dienone is 1. The molecular weight excluding hydrogens is 447 g/mol. The molecule has 3 heterocycles. The first-order valence-corrected chi connectivity index (χ1v) is 11.1. The van der Waals surface area contributed by atoms with E-state index >= 15 is 0 Å². The van der Waals surface area contributed by atoms with Crippen molar-refractivity contribution >= 4 is 29.2 Å². The Kier molecular flexibility index (Phi) is 6.06. The van der Waals surface area contributed by atoms with Gasteiger partial charge in [-0.05, 0) is 64.7 Å². The van der Waals surface area contributed by atoms with E-state index in [4.69, 9.17) is 16.3 Å². The average molecular weight is 469 g/mol. The van der Waals surface area contributed by atoms with Gasteiger partial charge >= 0.3 is 0 Å². The monoisotopic (exact) mass is 468 g/mol. The van der Waals surface area contributed by atoms with Crippen LogP contribution in [0.5, 0.6) is 0 Å². The van der Waals surface area contributed by atoms with Crippen LogP contribution in [0.2, 0.25) is 5.02 Å². The SMILES string of the molecule is O=C(CN1C(c2ccc(Cl)cc2)=C[C@H](c2ccc(F)cc2)n2nnnc21)NC[C@H]1CCCO1. The molecule has 0 saturated carbocycles. The fourth-order valence-corrected chi connectivity index (χ4v) is 4.25. The van der Waals surface area contributed by atoms with E-state index in [1.54, 1.807) is 33.8 Å². The Hall–Kier alpha value is -3.30. The van der Waals surface area contributed by atoms with Crippen molar-refractivity contribution < 1.29 is 13.9 Å². The molecule has 0 aliphatic carbocycles. The molecule has 0 bridgehead atoms. The summed E-state index contributed by atoms with van der Waals surface area (Å²) >= 11 is 6.10. The fraction of sp³-hybridized carbons (Fsp3) is 0.304. The number of ether oxygens (including phenoxy) is 1. The van der Waals surface area contributed by atoms with Crippen molar-refractivity contribution in [3.05, 3.63) is 76.6 Å². The molecule has 2 aliphatic rings. The van der Waals surface area contributed by atoms with Gasteiger partial charge in [-0.1, -0.05) is 41.0 Å². The predicted molar refractivity (Wildman–Crippen MR) is 121 cm³/mol. The van der Waals surface area contributed by atoms with Crippen molar-refractivity contribution in [3.8, 4) is 0 Å². The molecule has 2 atom stereocenters. The number of hydrogen-bond acceptors (Lipinski definition) is 6. The van der Waals surface area contributed by atoms with Gasteiger partial charge in [-0.25, -0.2) is 4.39 Å². The van der Waals surface area contributed by atoms with Gasteiger partial charge in [0.2, 0.25) is 5.91 Å². The maximum absolute atomic E-state index is 13.5. The van der Waals surface area contributed by atoms with Crippen molar-refractivity contribution in [2.24, 2.45) is 0 Å². The molecule has 1 amide bonds. The van der Waals surface area contributed by atoms with Gasteiger partial charge in [-0.15, -0.1) is 0 Å². The summed E-state index contributed by atoms with van der Waals surface area (Å²) in [5, 5.41) is 15.8. The molecule has 10 heteroatoms. The molecule has 170 valence electrons. The summed E-state index contributed by atoms with van der Waals surface area (Å²) in [5.41, 5.74) is 2.43. The summed E-state index contributed by atoms with van der Waals surface area (Å²) in [4.78, 5) is 14.6. The number of hydrogen-bond donors (Lipinski definition) is 1. The van der Waals surface area contributed by atoms with Crippen molar-refractivity contribution in [1.29, 1.82) is 0 Å². The summed E-state index contributed by atoms with van der Waals surface area (Å²) in [5.74, 6) is -0.0675. The van der Waals surface area contributed by atoms with Gasteiger partial charge < -0.3 is 10.1 Å². The molecule has 1 fully saturated rings. The second-order valence-corrected chi connectivity index (χ2v) is 8.44. The Morgan fingerprint density at radius 3 is 2.70 bits per heavy atom. The number of fused-ring (bicyclic) bond motifs is 1. The number of aromatic nitrogens is 4. The zero-order chi connectivity index (χ0) is 22.8. The molecule has 0 radical (unpaired) electrons. The second-order valence-electron chi connectivity index (χ2n) is 8.00. The molecule has 33 heavy (non-hydrogen) atoms. The summed E-state index contributed by atoms with van der Waals surface area (Å²) in [6.07, 6.45) is 3.97. The number of carbonyl (C=O) groups excluding carboxylic acids is 1. The number of rotatable bonds is 6. The van der Waals surface area contributed by atoms with Crippen LogP contribution in [0.4, 0.5) is 10.3 Å². The van der Waals surface area contributed by atoms with Gasteiger partial charge in [-0.2, -0.15) is 4.68 Å². The molecule has 3 aromatic rings. The number of halogens is 2. The first-order chi connectivity index (χ1) is 16.1. The van der Waals surface area contributed by atoms with Crippen LogP contribution >= 0.6 is 11.6 Å². The van der Waals surface area contributed by atoms with Crippen LogP contribution in [0.15, 0.2) is 54.6 Å². The van der Waals surface area contributed by atoms with Crippen molar-refractivity contribution in [1.82, 2.24) is 25.5 Å². The number of benzene rings is 2. The van der Waals surface area contributed by atoms with E-state index < -0.39 is 0 Å². The summed E-state index contributed by atoms with van der Waals surface area (Å²) in [7, 11) is 0. The molecule has 5 rings (SSSR count). The molecule has 8 nitrogen and oxygen atoms in total. The molecule has 2 aliphatic heterocycles. The van der Waals surface area contributed by atoms with E-state index in [0.29, 0.717) is 17.5 Å². The van der Waals surface area contributed by atoms with Crippen LogP contribution in [0.25, 0.3) is 5.70 Å². The van der Waals surface area contributed by atoms with E-state index in [0.717, 1.165) is 36.3 Å². The zero-order valence-corrected chi connectivity index (χ0v) is 18.5. The third-order valence-corrected chi connectivity index (χ3v) is 6.04. The van der Waals surface area contributed by atoms with E-state index in [1.165, 1.54) is 12.1 Å². The number of carbonyl (C=O) groups is 1. The predicted octanol–water partition coefficient (Wildman–Crippen LogP) is 3.21. The highest BCUT2D eigenvalue weighted by atomic mass is 35.5. The molecule has 2 aromatic carbocycles. The van der Waals surface area contributed by atoms with Gasteiger partial charge in [0, 0.05) is 18.2 Å². The lowest BCUT2D eigenvalue weighted by Gasteiger charge is -2.32. The molecule has 0 unspecified atom stereocenters. The molecule has 1 saturated heterocycles. The number of amides is 1. The third-order valence-electron chi connectivity index (χ3n) is 5.79. The van der Waals surface area contributed by atoms with Crippen LogP contribution in [-0.4, -0.2) is 51.9 Å². The Morgan fingerprint density at radius 1 is 1.18 bits per heavy atom. The standard InChI is InChI=1S/C23H22ClFN6O2/c24-17-7-3-15(4-8-17)20-12-21(16-5-9-18(25)10-6-16)31-23(27-28-29-31)30(20)14-22(32)26-13-19-2-1-11-33-19/h3-10,12,19,21H,1-2,11,13-14H2,(H,26,32)/t19-,21-/m1/s1. The van der Waals surface area contributed by atoms with Crippen LogP contribution in [0.3, 0.4) is 0 Å². The van der Waals surface area contributed by atoms with E-state index in [1.807, 2.05) is 18.2 Å². The Morgan fingerprint density at radius 2 is 1.97 bits per heavy atom. The quantitative estimate of drug-likeness (QED) is 0.598. The highest BCUT2D eigenvalue weighted by molar-refractivity contribution is 6.30.